The molecule has 0 aliphatic heterocycles. The third-order valence-electron chi connectivity index (χ3n) is 8.07. The van der Waals surface area contributed by atoms with Crippen LogP contribution in [-0.4, -0.2) is 15.3 Å². The van der Waals surface area contributed by atoms with Crippen LogP contribution in [0, 0.1) is 16.7 Å². The molecule has 8 aromatic rings. The van der Waals surface area contributed by atoms with Crippen LogP contribution < -0.4 is 0 Å². The van der Waals surface area contributed by atoms with Gasteiger partial charge >= 0.3 is 0 Å². The van der Waals surface area contributed by atoms with E-state index < -0.39 is 0 Å². The molecule has 0 amide bonds. The maximum Gasteiger partial charge on any atom is 0.0999 e. The molecule has 2 aromatic heterocycles. The molecule has 0 aliphatic carbocycles. The summed E-state index contributed by atoms with van der Waals surface area (Å²) >= 11 is 0. The quantitative estimate of drug-likeness (QED) is 0.237. The molecule has 2 heterocycles. The van der Waals surface area contributed by atoms with Crippen LogP contribution >= 0.6 is 0 Å². The summed E-state index contributed by atoms with van der Waals surface area (Å²) < 4.78 is 4.52. The average molecular weight is 511 g/mol. The van der Waals surface area contributed by atoms with Gasteiger partial charge < -0.3 is 14.5 Å². The minimum Gasteiger partial charge on any atom is -0.308 e. The van der Waals surface area contributed by atoms with E-state index in [-0.39, 0.29) is 0 Å². The standard InChI is InChI=1S/C36H22N4/c37-21-24-18-20-34(36(29(24)22-38)40-30-14-6-3-11-26(30)27-12-4-7-15-31(27)40)39-32-16-8-5-13-28(32)35-25-10-2-1-9-23(25)17-19-33(35)39/h1-20,22,38H. The Morgan fingerprint density at radius 3 is 1.77 bits per heavy atom. The van der Waals surface area contributed by atoms with Crippen molar-refractivity contribution < 1.29 is 0 Å². The van der Waals surface area contributed by atoms with Crippen molar-refractivity contribution in [1.82, 2.24) is 9.13 Å². The maximum absolute atomic E-state index is 10.1. The molecule has 186 valence electrons. The van der Waals surface area contributed by atoms with Crippen molar-refractivity contribution in [3.8, 4) is 17.4 Å². The van der Waals surface area contributed by atoms with E-state index in [0.29, 0.717) is 11.1 Å². The first kappa shape index (κ1) is 22.3. The van der Waals surface area contributed by atoms with E-state index in [0.717, 1.165) is 44.2 Å². The lowest BCUT2D eigenvalue weighted by Gasteiger charge is -2.19. The van der Waals surface area contributed by atoms with Gasteiger partial charge in [-0.2, -0.15) is 5.26 Å². The van der Waals surface area contributed by atoms with Gasteiger partial charge in [-0.05, 0) is 47.2 Å². The normalized spacial score (nSPS) is 11.6. The first-order valence-corrected chi connectivity index (χ1v) is 13.3. The summed E-state index contributed by atoms with van der Waals surface area (Å²) in [5, 5.41) is 25.7. The summed E-state index contributed by atoms with van der Waals surface area (Å²) in [6.07, 6.45) is 1.32. The average Bonchev–Trinajstić information content (AvgIpc) is 3.53. The number of nitriles is 1. The van der Waals surface area contributed by atoms with Crippen LogP contribution in [-0.2, 0) is 0 Å². The van der Waals surface area contributed by atoms with E-state index >= 15 is 0 Å². The van der Waals surface area contributed by atoms with Gasteiger partial charge in [0.2, 0.25) is 0 Å². The van der Waals surface area contributed by atoms with E-state index in [9.17, 15) is 5.26 Å². The van der Waals surface area contributed by atoms with Gasteiger partial charge in [-0.1, -0.05) is 84.9 Å². The number of hydrogen-bond donors (Lipinski definition) is 1. The lowest BCUT2D eigenvalue weighted by atomic mass is 10.0. The van der Waals surface area contributed by atoms with Crippen LogP contribution in [0.4, 0.5) is 0 Å². The van der Waals surface area contributed by atoms with Crippen LogP contribution in [0.5, 0.6) is 0 Å². The molecule has 6 aromatic carbocycles. The Balaban J connectivity index is 1.62. The van der Waals surface area contributed by atoms with Gasteiger partial charge in [-0.3, -0.25) is 0 Å². The highest BCUT2D eigenvalue weighted by Gasteiger charge is 2.23. The summed E-state index contributed by atoms with van der Waals surface area (Å²) in [7, 11) is 0. The van der Waals surface area contributed by atoms with E-state index in [4.69, 9.17) is 5.41 Å². The number of hydrogen-bond acceptors (Lipinski definition) is 2. The molecular formula is C36H22N4. The molecule has 4 heteroatoms. The van der Waals surface area contributed by atoms with Crippen LogP contribution in [0.1, 0.15) is 11.1 Å². The molecule has 8 rings (SSSR count). The third-order valence-corrected chi connectivity index (χ3v) is 8.07. The number of benzene rings is 6. The molecule has 0 bridgehead atoms. The fourth-order valence-corrected chi connectivity index (χ4v) is 6.42. The highest BCUT2D eigenvalue weighted by molar-refractivity contribution is 6.21. The number of nitrogens with zero attached hydrogens (tertiary/aromatic N) is 3. The zero-order valence-corrected chi connectivity index (χ0v) is 21.5. The molecular weight excluding hydrogens is 488 g/mol. The molecule has 0 fully saturated rings. The second kappa shape index (κ2) is 8.42. The topological polar surface area (TPSA) is 57.5 Å². The predicted octanol–water partition coefficient (Wildman–Crippen LogP) is 8.90. The van der Waals surface area contributed by atoms with E-state index in [1.165, 1.54) is 27.8 Å². The van der Waals surface area contributed by atoms with Gasteiger partial charge in [0.15, 0.2) is 0 Å². The summed E-state index contributed by atoms with van der Waals surface area (Å²) in [5.41, 5.74) is 7.05. The number of rotatable bonds is 3. The second-order valence-electron chi connectivity index (χ2n) is 10.1. The van der Waals surface area contributed by atoms with Crippen molar-refractivity contribution >= 4 is 60.6 Å². The van der Waals surface area contributed by atoms with Gasteiger partial charge in [0.05, 0.1) is 45.1 Å². The molecule has 4 nitrogen and oxygen atoms in total. The zero-order chi connectivity index (χ0) is 26.8. The molecule has 0 saturated heterocycles. The van der Waals surface area contributed by atoms with Crippen molar-refractivity contribution in [2.24, 2.45) is 0 Å². The molecule has 40 heavy (non-hydrogen) atoms. The number of para-hydroxylation sites is 3. The van der Waals surface area contributed by atoms with Crippen molar-refractivity contribution in [2.75, 3.05) is 0 Å². The smallest absolute Gasteiger partial charge is 0.0999 e. The van der Waals surface area contributed by atoms with Crippen molar-refractivity contribution in [2.45, 2.75) is 0 Å². The van der Waals surface area contributed by atoms with Crippen LogP contribution in [0.15, 0.2) is 121 Å². The van der Waals surface area contributed by atoms with E-state index in [1.54, 1.807) is 0 Å². The minimum atomic E-state index is 0.474. The molecule has 0 atom stereocenters. The SMILES string of the molecule is N#Cc1ccc(-n2c3ccccc3c3c4ccccc4ccc32)c(-n2c3ccccc3c3ccccc32)c1C=N. The highest BCUT2D eigenvalue weighted by Crippen LogP contribution is 2.41. The van der Waals surface area contributed by atoms with Crippen molar-refractivity contribution in [1.29, 1.82) is 10.7 Å². The summed E-state index contributed by atoms with van der Waals surface area (Å²) in [5.74, 6) is 0. The summed E-state index contributed by atoms with van der Waals surface area (Å²) in [6.45, 7) is 0. The molecule has 0 spiro atoms. The van der Waals surface area contributed by atoms with Crippen LogP contribution in [0.2, 0.25) is 0 Å². The first-order valence-electron chi connectivity index (χ1n) is 13.3. The zero-order valence-electron chi connectivity index (χ0n) is 21.5. The largest absolute Gasteiger partial charge is 0.308 e. The summed E-state index contributed by atoms with van der Waals surface area (Å²) in [6, 6.07) is 44.3. The summed E-state index contributed by atoms with van der Waals surface area (Å²) in [4.78, 5) is 0. The highest BCUT2D eigenvalue weighted by atomic mass is 15.1. The molecule has 0 radical (unpaired) electrons. The molecule has 0 saturated carbocycles. The Hall–Kier alpha value is -5.66. The van der Waals surface area contributed by atoms with Crippen LogP contribution in [0.3, 0.4) is 0 Å². The Morgan fingerprint density at radius 2 is 1.12 bits per heavy atom. The maximum atomic E-state index is 10.1. The molecule has 0 unspecified atom stereocenters. The van der Waals surface area contributed by atoms with Gasteiger partial charge in [0, 0.05) is 33.3 Å². The number of nitrogens with one attached hydrogen (secondary N) is 1. The predicted molar refractivity (Wildman–Crippen MR) is 165 cm³/mol. The fourth-order valence-electron chi connectivity index (χ4n) is 6.42. The molecule has 0 aliphatic rings. The van der Waals surface area contributed by atoms with Gasteiger partial charge in [0.1, 0.15) is 0 Å². The minimum absolute atomic E-state index is 0.474. The van der Waals surface area contributed by atoms with Gasteiger partial charge in [0.25, 0.3) is 0 Å². The van der Waals surface area contributed by atoms with E-state index in [2.05, 4.69) is 112 Å². The Morgan fingerprint density at radius 1 is 0.550 bits per heavy atom. The third kappa shape index (κ3) is 2.92. The Labute approximate surface area is 230 Å². The van der Waals surface area contributed by atoms with Gasteiger partial charge in [-0.15, -0.1) is 0 Å². The molecule has 1 N–H and O–H groups in total. The van der Waals surface area contributed by atoms with Crippen LogP contribution in [0.25, 0.3) is 65.8 Å². The Bertz CT molecular complexity index is 2310. The fraction of sp³-hybridized carbons (Fsp3) is 0. The lowest BCUT2D eigenvalue weighted by Crippen LogP contribution is -2.08. The second-order valence-corrected chi connectivity index (χ2v) is 10.1. The van der Waals surface area contributed by atoms with Crippen molar-refractivity contribution in [3.05, 3.63) is 132 Å². The lowest BCUT2D eigenvalue weighted by molar-refractivity contribution is 1.09. The Kier molecular flexibility index (Phi) is 4.70. The monoisotopic (exact) mass is 510 g/mol. The van der Waals surface area contributed by atoms with Gasteiger partial charge in [-0.25, -0.2) is 0 Å². The first-order chi connectivity index (χ1) is 19.8. The van der Waals surface area contributed by atoms with E-state index in [1.807, 2.05) is 24.3 Å². The number of fused-ring (bicyclic) bond motifs is 8. The number of aromatic nitrogens is 2. The van der Waals surface area contributed by atoms with Crippen molar-refractivity contribution in [3.63, 3.8) is 0 Å².